The van der Waals surface area contributed by atoms with E-state index in [1.807, 2.05) is 0 Å². The molecule has 1 aromatic rings. The summed E-state index contributed by atoms with van der Waals surface area (Å²) < 4.78 is 25.1. The van der Waals surface area contributed by atoms with Crippen LogP contribution in [0.15, 0.2) is 16.6 Å². The van der Waals surface area contributed by atoms with Gasteiger partial charge in [0.2, 0.25) is 0 Å². The summed E-state index contributed by atoms with van der Waals surface area (Å²) in [6.07, 6.45) is -3.02. The lowest BCUT2D eigenvalue weighted by molar-refractivity contribution is -0.386. The van der Waals surface area contributed by atoms with E-state index >= 15 is 0 Å². The van der Waals surface area contributed by atoms with Crippen molar-refractivity contribution < 1.29 is 18.5 Å². The Morgan fingerprint density at radius 1 is 1.50 bits per heavy atom. The van der Waals surface area contributed by atoms with Gasteiger partial charge in [-0.05, 0) is 28.9 Å². The third-order valence-electron chi connectivity index (χ3n) is 1.95. The Kier molecular flexibility index (Phi) is 3.69. The molecule has 0 amide bonds. The fourth-order valence-electron chi connectivity index (χ4n) is 1.22. The minimum atomic E-state index is -3.02. The summed E-state index contributed by atoms with van der Waals surface area (Å²) in [5.74, 6) is -0.441. The molecule has 0 bridgehead atoms. The highest BCUT2D eigenvalue weighted by Crippen LogP contribution is 2.37. The average molecular weight is 294 g/mol. The molecule has 86 valence electrons. The molecule has 0 aromatic heterocycles. The Labute approximate surface area is 97.5 Å². The fraction of sp³-hybridized carbons (Fsp3) is 0.222. The van der Waals surface area contributed by atoms with Gasteiger partial charge in [-0.2, -0.15) is 0 Å². The van der Waals surface area contributed by atoms with Crippen molar-refractivity contribution in [3.05, 3.63) is 37.8 Å². The van der Waals surface area contributed by atoms with E-state index in [0.717, 1.165) is 12.1 Å². The van der Waals surface area contributed by atoms with Crippen molar-refractivity contribution in [2.45, 2.75) is 13.3 Å². The Morgan fingerprint density at radius 2 is 2.06 bits per heavy atom. The van der Waals surface area contributed by atoms with Crippen molar-refractivity contribution in [1.82, 2.24) is 0 Å². The lowest BCUT2D eigenvalue weighted by Crippen LogP contribution is -2.02. The molecule has 0 aliphatic carbocycles. The molecule has 0 atom stereocenters. The van der Waals surface area contributed by atoms with Crippen LogP contribution in [0.1, 0.15) is 29.3 Å². The quantitative estimate of drug-likeness (QED) is 0.487. The van der Waals surface area contributed by atoms with Crippen LogP contribution < -0.4 is 0 Å². The number of nitro groups is 1. The van der Waals surface area contributed by atoms with E-state index in [9.17, 15) is 23.7 Å². The van der Waals surface area contributed by atoms with Crippen LogP contribution in [0.3, 0.4) is 0 Å². The number of hydrogen-bond acceptors (Lipinski definition) is 3. The molecule has 4 nitrogen and oxygen atoms in total. The van der Waals surface area contributed by atoms with Crippen molar-refractivity contribution >= 4 is 27.4 Å². The standard InChI is InChI=1S/C9H6BrF2NO3/c1-4(14)5-2-3-6(13(15)16)7(8(5)10)9(11)12/h2-3,9H,1H3. The first kappa shape index (κ1) is 12.7. The number of ketones is 1. The summed E-state index contributed by atoms with van der Waals surface area (Å²) in [7, 11) is 0. The maximum atomic E-state index is 12.6. The lowest BCUT2D eigenvalue weighted by atomic mass is 10.1. The van der Waals surface area contributed by atoms with E-state index in [1.165, 1.54) is 6.92 Å². The SMILES string of the molecule is CC(=O)c1ccc([N+](=O)[O-])c(C(F)F)c1Br. The van der Waals surface area contributed by atoms with E-state index in [-0.39, 0.29) is 10.0 Å². The monoisotopic (exact) mass is 293 g/mol. The van der Waals surface area contributed by atoms with Gasteiger partial charge in [0.05, 0.1) is 4.92 Å². The molecule has 0 saturated carbocycles. The van der Waals surface area contributed by atoms with Crippen LogP contribution in [0.5, 0.6) is 0 Å². The number of halogens is 3. The zero-order valence-electron chi connectivity index (χ0n) is 8.04. The van der Waals surface area contributed by atoms with Gasteiger partial charge in [-0.25, -0.2) is 8.78 Å². The molecule has 0 spiro atoms. The first-order chi connectivity index (χ1) is 7.36. The van der Waals surface area contributed by atoms with E-state index in [4.69, 9.17) is 0 Å². The van der Waals surface area contributed by atoms with Crippen LogP contribution >= 0.6 is 15.9 Å². The van der Waals surface area contributed by atoms with Crippen LogP contribution in [0.4, 0.5) is 14.5 Å². The average Bonchev–Trinajstić information content (AvgIpc) is 2.15. The summed E-state index contributed by atoms with van der Waals surface area (Å²) in [4.78, 5) is 20.7. The van der Waals surface area contributed by atoms with Crippen LogP contribution in [0.25, 0.3) is 0 Å². The summed E-state index contributed by atoms with van der Waals surface area (Å²) in [5.41, 5.74) is -1.47. The third kappa shape index (κ3) is 2.24. The predicted molar refractivity (Wildman–Crippen MR) is 55.8 cm³/mol. The summed E-state index contributed by atoms with van der Waals surface area (Å²) in [6, 6.07) is 2.05. The van der Waals surface area contributed by atoms with Gasteiger partial charge in [-0.1, -0.05) is 0 Å². The number of nitro benzene ring substituents is 1. The van der Waals surface area contributed by atoms with Gasteiger partial charge in [0.25, 0.3) is 12.1 Å². The number of benzene rings is 1. The van der Waals surface area contributed by atoms with Crippen molar-refractivity contribution in [2.75, 3.05) is 0 Å². The zero-order chi connectivity index (χ0) is 12.5. The summed E-state index contributed by atoms with van der Waals surface area (Å²) in [6.45, 7) is 1.20. The smallest absolute Gasteiger partial charge is 0.279 e. The third-order valence-corrected chi connectivity index (χ3v) is 2.81. The number of carbonyl (C=O) groups is 1. The molecule has 0 aliphatic heterocycles. The van der Waals surface area contributed by atoms with E-state index < -0.39 is 28.4 Å². The Morgan fingerprint density at radius 3 is 2.44 bits per heavy atom. The normalized spacial score (nSPS) is 10.6. The molecule has 7 heteroatoms. The number of alkyl halides is 2. The minimum absolute atomic E-state index is 0.000833. The topological polar surface area (TPSA) is 60.2 Å². The first-order valence-electron chi connectivity index (χ1n) is 4.12. The number of nitrogens with zero attached hydrogens (tertiary/aromatic N) is 1. The molecule has 0 radical (unpaired) electrons. The Hall–Kier alpha value is -1.37. The molecular formula is C9H6BrF2NO3. The Balaban J connectivity index is 3.54. The van der Waals surface area contributed by atoms with Crippen molar-refractivity contribution in [3.8, 4) is 0 Å². The lowest BCUT2D eigenvalue weighted by Gasteiger charge is -2.07. The number of carbonyl (C=O) groups excluding carboxylic acids is 1. The molecule has 0 N–H and O–H groups in total. The summed E-state index contributed by atoms with van der Waals surface area (Å²) in [5, 5.41) is 10.5. The van der Waals surface area contributed by atoms with Crippen molar-refractivity contribution in [1.29, 1.82) is 0 Å². The fourth-order valence-corrected chi connectivity index (χ4v) is 2.01. The number of rotatable bonds is 3. The second-order valence-electron chi connectivity index (χ2n) is 2.97. The highest BCUT2D eigenvalue weighted by Gasteiger charge is 2.27. The number of Topliss-reactive ketones (excluding diaryl/α,β-unsaturated/α-hetero) is 1. The zero-order valence-corrected chi connectivity index (χ0v) is 9.62. The predicted octanol–water partition coefficient (Wildman–Crippen LogP) is 3.50. The van der Waals surface area contributed by atoms with Crippen molar-refractivity contribution in [2.24, 2.45) is 0 Å². The van der Waals surface area contributed by atoms with Gasteiger partial charge >= 0.3 is 0 Å². The van der Waals surface area contributed by atoms with Gasteiger partial charge < -0.3 is 0 Å². The van der Waals surface area contributed by atoms with Gasteiger partial charge in [0.1, 0.15) is 5.56 Å². The van der Waals surface area contributed by atoms with Crippen molar-refractivity contribution in [3.63, 3.8) is 0 Å². The highest BCUT2D eigenvalue weighted by atomic mass is 79.9. The molecule has 0 unspecified atom stereocenters. The minimum Gasteiger partial charge on any atom is -0.294 e. The molecule has 0 aliphatic rings. The molecule has 0 fully saturated rings. The number of hydrogen-bond donors (Lipinski definition) is 0. The van der Waals surface area contributed by atoms with Gasteiger partial charge in [0, 0.05) is 16.1 Å². The molecule has 1 aromatic carbocycles. The van der Waals surface area contributed by atoms with E-state index in [0.29, 0.717) is 0 Å². The molecule has 0 saturated heterocycles. The van der Waals surface area contributed by atoms with Crippen LogP contribution in [0, 0.1) is 10.1 Å². The summed E-state index contributed by atoms with van der Waals surface area (Å²) >= 11 is 2.80. The van der Waals surface area contributed by atoms with Gasteiger partial charge in [-0.15, -0.1) is 0 Å². The van der Waals surface area contributed by atoms with E-state index in [2.05, 4.69) is 15.9 Å². The van der Waals surface area contributed by atoms with Crippen LogP contribution in [-0.4, -0.2) is 10.7 Å². The van der Waals surface area contributed by atoms with Crippen LogP contribution in [0.2, 0.25) is 0 Å². The maximum absolute atomic E-state index is 12.6. The highest BCUT2D eigenvalue weighted by molar-refractivity contribution is 9.10. The largest absolute Gasteiger partial charge is 0.294 e. The second-order valence-corrected chi connectivity index (χ2v) is 3.77. The van der Waals surface area contributed by atoms with Crippen LogP contribution in [-0.2, 0) is 0 Å². The van der Waals surface area contributed by atoms with Gasteiger partial charge in [0.15, 0.2) is 5.78 Å². The Bertz CT molecular complexity index is 462. The molecule has 1 rings (SSSR count). The first-order valence-corrected chi connectivity index (χ1v) is 4.91. The maximum Gasteiger partial charge on any atom is 0.279 e. The van der Waals surface area contributed by atoms with Gasteiger partial charge in [-0.3, -0.25) is 14.9 Å². The second kappa shape index (κ2) is 4.65. The molecular weight excluding hydrogens is 288 g/mol. The van der Waals surface area contributed by atoms with E-state index in [1.54, 1.807) is 0 Å². The molecule has 16 heavy (non-hydrogen) atoms. The molecule has 0 heterocycles.